The largest absolute Gasteiger partial charge is 0.463 e. The number of rotatable bonds is 2. The molecule has 1 saturated heterocycles. The molecule has 4 nitrogen and oxygen atoms in total. The highest BCUT2D eigenvalue weighted by molar-refractivity contribution is 6.05. The summed E-state index contributed by atoms with van der Waals surface area (Å²) in [5.41, 5.74) is 1.38. The number of furan rings is 1. The van der Waals surface area contributed by atoms with Crippen LogP contribution in [-0.2, 0) is 0 Å². The summed E-state index contributed by atoms with van der Waals surface area (Å²) in [7, 11) is 0. The Bertz CT molecular complexity index is 591. The van der Waals surface area contributed by atoms with E-state index in [9.17, 15) is 4.79 Å². The lowest BCUT2D eigenvalue weighted by Gasteiger charge is -2.28. The summed E-state index contributed by atoms with van der Waals surface area (Å²) in [6.07, 6.45) is 3.50. The van der Waals surface area contributed by atoms with Gasteiger partial charge in [0.2, 0.25) is 0 Å². The van der Waals surface area contributed by atoms with Crippen LogP contribution in [0, 0.1) is 0 Å². The fraction of sp³-hybridized carbons (Fsp3) is 0.400. The average Bonchev–Trinajstić information content (AvgIpc) is 2.82. The Morgan fingerprint density at radius 2 is 2.26 bits per heavy atom. The van der Waals surface area contributed by atoms with E-state index in [2.05, 4.69) is 17.6 Å². The van der Waals surface area contributed by atoms with Gasteiger partial charge in [0.15, 0.2) is 0 Å². The summed E-state index contributed by atoms with van der Waals surface area (Å²) in [6, 6.07) is 8.32. The third-order valence-electron chi connectivity index (χ3n) is 3.68. The monoisotopic (exact) mass is 258 g/mol. The molecule has 0 saturated carbocycles. The molecule has 1 aliphatic rings. The van der Waals surface area contributed by atoms with E-state index in [0.717, 1.165) is 30.4 Å². The molecular weight excluding hydrogens is 240 g/mol. The molecule has 0 aliphatic carbocycles. The third-order valence-corrected chi connectivity index (χ3v) is 3.68. The number of fused-ring (bicyclic) bond motifs is 1. The average molecular weight is 258 g/mol. The minimum Gasteiger partial charge on any atom is -0.463 e. The molecule has 100 valence electrons. The zero-order chi connectivity index (χ0) is 13.2. The third kappa shape index (κ3) is 2.49. The van der Waals surface area contributed by atoms with Crippen LogP contribution in [0.25, 0.3) is 11.0 Å². The zero-order valence-corrected chi connectivity index (χ0v) is 11.0. The number of nitrogens with one attached hydrogen (secondary N) is 2. The summed E-state index contributed by atoms with van der Waals surface area (Å²) in [4.78, 5) is 12.3. The standard InChI is InChI=1S/C15H18N2O2/c1-10-8-11(6-7-16-10)17-15(18)13-9-19-14-5-3-2-4-12(13)14/h2-5,9-11,16H,6-8H2,1H3,(H,17,18). The van der Waals surface area contributed by atoms with Crippen LogP contribution >= 0.6 is 0 Å². The lowest BCUT2D eigenvalue weighted by molar-refractivity contribution is 0.0926. The molecule has 1 aliphatic heterocycles. The molecule has 2 N–H and O–H groups in total. The number of piperidine rings is 1. The Labute approximate surface area is 112 Å². The van der Waals surface area contributed by atoms with Crippen molar-refractivity contribution >= 4 is 16.9 Å². The van der Waals surface area contributed by atoms with Crippen LogP contribution in [0.5, 0.6) is 0 Å². The smallest absolute Gasteiger partial charge is 0.255 e. The Morgan fingerprint density at radius 3 is 3.11 bits per heavy atom. The molecule has 2 atom stereocenters. The van der Waals surface area contributed by atoms with Crippen molar-refractivity contribution in [2.45, 2.75) is 31.8 Å². The van der Waals surface area contributed by atoms with Crippen LogP contribution in [0.3, 0.4) is 0 Å². The number of para-hydroxylation sites is 1. The van der Waals surface area contributed by atoms with Crippen molar-refractivity contribution in [3.05, 3.63) is 36.1 Å². The minimum atomic E-state index is -0.0379. The molecule has 19 heavy (non-hydrogen) atoms. The Balaban J connectivity index is 1.76. The number of hydrogen-bond acceptors (Lipinski definition) is 3. The van der Waals surface area contributed by atoms with Gasteiger partial charge in [0.05, 0.1) is 5.56 Å². The molecule has 1 aromatic carbocycles. The van der Waals surface area contributed by atoms with Gasteiger partial charge in [-0.25, -0.2) is 0 Å². The molecule has 1 aromatic heterocycles. The maximum Gasteiger partial charge on any atom is 0.255 e. The van der Waals surface area contributed by atoms with E-state index in [1.54, 1.807) is 6.26 Å². The van der Waals surface area contributed by atoms with Crippen molar-refractivity contribution in [3.63, 3.8) is 0 Å². The fourth-order valence-corrected chi connectivity index (χ4v) is 2.68. The second-order valence-electron chi connectivity index (χ2n) is 5.20. The number of hydrogen-bond donors (Lipinski definition) is 2. The maximum absolute atomic E-state index is 12.3. The number of carbonyl (C=O) groups excluding carboxylic acids is 1. The van der Waals surface area contributed by atoms with Gasteiger partial charge in [0.1, 0.15) is 11.8 Å². The molecule has 3 rings (SSSR count). The SMILES string of the molecule is CC1CC(NC(=O)c2coc3ccccc23)CCN1. The normalized spacial score (nSPS) is 23.4. The first-order valence-electron chi connectivity index (χ1n) is 6.74. The summed E-state index contributed by atoms with van der Waals surface area (Å²) >= 11 is 0. The van der Waals surface area contributed by atoms with Gasteiger partial charge in [-0.15, -0.1) is 0 Å². The fourth-order valence-electron chi connectivity index (χ4n) is 2.68. The predicted octanol–water partition coefficient (Wildman–Crippen LogP) is 2.30. The molecule has 2 heterocycles. The van der Waals surface area contributed by atoms with E-state index in [1.165, 1.54) is 0 Å². The first-order chi connectivity index (χ1) is 9.24. The van der Waals surface area contributed by atoms with Crippen LogP contribution in [0.2, 0.25) is 0 Å². The summed E-state index contributed by atoms with van der Waals surface area (Å²) < 4.78 is 5.41. The number of carbonyl (C=O) groups is 1. The molecule has 4 heteroatoms. The quantitative estimate of drug-likeness (QED) is 0.869. The van der Waals surface area contributed by atoms with Gasteiger partial charge >= 0.3 is 0 Å². The topological polar surface area (TPSA) is 54.3 Å². The first-order valence-corrected chi connectivity index (χ1v) is 6.74. The van der Waals surface area contributed by atoms with Gasteiger partial charge in [-0.2, -0.15) is 0 Å². The van der Waals surface area contributed by atoms with E-state index < -0.39 is 0 Å². The highest BCUT2D eigenvalue weighted by Crippen LogP contribution is 2.21. The van der Waals surface area contributed by atoms with Gasteiger partial charge in [-0.05, 0) is 32.4 Å². The maximum atomic E-state index is 12.3. The van der Waals surface area contributed by atoms with E-state index in [0.29, 0.717) is 11.6 Å². The van der Waals surface area contributed by atoms with Crippen molar-refractivity contribution in [2.75, 3.05) is 6.54 Å². The van der Waals surface area contributed by atoms with Gasteiger partial charge in [0.25, 0.3) is 5.91 Å². The van der Waals surface area contributed by atoms with Crippen molar-refractivity contribution in [1.29, 1.82) is 0 Å². The van der Waals surface area contributed by atoms with Crippen LogP contribution in [0.1, 0.15) is 30.1 Å². The highest BCUT2D eigenvalue weighted by atomic mass is 16.3. The molecule has 0 bridgehead atoms. The van der Waals surface area contributed by atoms with Gasteiger partial charge < -0.3 is 15.1 Å². The first kappa shape index (κ1) is 12.2. The Kier molecular flexibility index (Phi) is 3.25. The Hall–Kier alpha value is -1.81. The van der Waals surface area contributed by atoms with Crippen molar-refractivity contribution in [3.8, 4) is 0 Å². The van der Waals surface area contributed by atoms with Crippen molar-refractivity contribution in [2.24, 2.45) is 0 Å². The second kappa shape index (κ2) is 5.05. The van der Waals surface area contributed by atoms with E-state index in [1.807, 2.05) is 24.3 Å². The second-order valence-corrected chi connectivity index (χ2v) is 5.20. The lowest BCUT2D eigenvalue weighted by Crippen LogP contribution is -2.46. The van der Waals surface area contributed by atoms with Crippen LogP contribution in [0.4, 0.5) is 0 Å². The summed E-state index contributed by atoms with van der Waals surface area (Å²) in [5.74, 6) is -0.0379. The van der Waals surface area contributed by atoms with E-state index >= 15 is 0 Å². The zero-order valence-electron chi connectivity index (χ0n) is 11.0. The molecule has 2 aromatic rings. The van der Waals surface area contributed by atoms with Gasteiger partial charge in [0, 0.05) is 17.5 Å². The molecular formula is C15H18N2O2. The molecule has 0 spiro atoms. The molecule has 1 fully saturated rings. The van der Waals surface area contributed by atoms with Crippen LogP contribution in [-0.4, -0.2) is 24.5 Å². The predicted molar refractivity (Wildman–Crippen MR) is 74.2 cm³/mol. The van der Waals surface area contributed by atoms with Crippen LogP contribution in [0.15, 0.2) is 34.9 Å². The highest BCUT2D eigenvalue weighted by Gasteiger charge is 2.22. The summed E-state index contributed by atoms with van der Waals surface area (Å²) in [6.45, 7) is 3.10. The molecule has 2 unspecified atom stereocenters. The summed E-state index contributed by atoms with van der Waals surface area (Å²) in [5, 5.41) is 7.36. The minimum absolute atomic E-state index is 0.0379. The number of benzene rings is 1. The molecule has 1 amide bonds. The van der Waals surface area contributed by atoms with Crippen molar-refractivity contribution in [1.82, 2.24) is 10.6 Å². The van der Waals surface area contributed by atoms with E-state index in [-0.39, 0.29) is 11.9 Å². The van der Waals surface area contributed by atoms with Gasteiger partial charge in [-0.1, -0.05) is 18.2 Å². The van der Waals surface area contributed by atoms with Crippen LogP contribution < -0.4 is 10.6 Å². The van der Waals surface area contributed by atoms with Gasteiger partial charge in [-0.3, -0.25) is 4.79 Å². The molecule has 0 radical (unpaired) electrons. The lowest BCUT2D eigenvalue weighted by atomic mass is 10.0. The number of amides is 1. The Morgan fingerprint density at radius 1 is 1.42 bits per heavy atom. The van der Waals surface area contributed by atoms with Crippen molar-refractivity contribution < 1.29 is 9.21 Å². The van der Waals surface area contributed by atoms with E-state index in [4.69, 9.17) is 4.42 Å².